The molecule has 0 radical (unpaired) electrons. The van der Waals surface area contributed by atoms with Crippen LogP contribution in [0.3, 0.4) is 0 Å². The van der Waals surface area contributed by atoms with E-state index in [9.17, 15) is 10.1 Å². The molecule has 0 spiro atoms. The second-order valence-corrected chi connectivity index (χ2v) is 8.56. The molecule has 152 valence electrons. The molecule has 2 aromatic carbocycles. The number of nitriles is 1. The zero-order valence-corrected chi connectivity index (χ0v) is 17.8. The maximum Gasteiger partial charge on any atom is 0.321 e. The van der Waals surface area contributed by atoms with Gasteiger partial charge in [0.25, 0.3) is 0 Å². The number of hydrogen-bond acceptors (Lipinski definition) is 3. The molecular formula is C26H31NO2. The van der Waals surface area contributed by atoms with E-state index in [4.69, 9.17) is 4.74 Å². The lowest BCUT2D eigenvalue weighted by Crippen LogP contribution is -2.41. The van der Waals surface area contributed by atoms with Crippen LogP contribution >= 0.6 is 0 Å². The van der Waals surface area contributed by atoms with Crippen molar-refractivity contribution < 1.29 is 9.53 Å². The zero-order chi connectivity index (χ0) is 20.9. The Morgan fingerprint density at radius 3 is 2.45 bits per heavy atom. The van der Waals surface area contributed by atoms with Crippen LogP contribution in [0.4, 0.5) is 0 Å². The lowest BCUT2D eigenvalue weighted by Gasteiger charge is -2.35. The summed E-state index contributed by atoms with van der Waals surface area (Å²) in [6, 6.07) is 16.1. The Hall–Kier alpha value is -2.60. The van der Waals surface area contributed by atoms with Gasteiger partial charge < -0.3 is 4.74 Å². The van der Waals surface area contributed by atoms with Crippen molar-refractivity contribution in [3.8, 4) is 11.8 Å². The van der Waals surface area contributed by atoms with Gasteiger partial charge in [0.15, 0.2) is 0 Å². The average molecular weight is 390 g/mol. The van der Waals surface area contributed by atoms with Gasteiger partial charge >= 0.3 is 5.97 Å². The maximum absolute atomic E-state index is 13.4. The van der Waals surface area contributed by atoms with Crippen molar-refractivity contribution in [1.29, 1.82) is 5.26 Å². The molecule has 1 aliphatic rings. The highest BCUT2D eigenvalue weighted by Crippen LogP contribution is 2.41. The molecule has 0 saturated heterocycles. The number of benzene rings is 2. The van der Waals surface area contributed by atoms with E-state index in [0.717, 1.165) is 56.1 Å². The van der Waals surface area contributed by atoms with E-state index in [1.54, 1.807) is 12.1 Å². The average Bonchev–Trinajstić information content (AvgIpc) is 2.75. The molecule has 3 nitrogen and oxygen atoms in total. The second kappa shape index (κ2) is 9.27. The van der Waals surface area contributed by atoms with Crippen LogP contribution in [0.2, 0.25) is 0 Å². The lowest BCUT2D eigenvalue weighted by atomic mass is 9.69. The van der Waals surface area contributed by atoms with Crippen molar-refractivity contribution in [3.63, 3.8) is 0 Å². The molecule has 3 heteroatoms. The summed E-state index contributed by atoms with van der Waals surface area (Å²) < 4.78 is 5.84. The van der Waals surface area contributed by atoms with Crippen LogP contribution in [0, 0.1) is 24.2 Å². The summed E-state index contributed by atoms with van der Waals surface area (Å²) in [5.41, 5.74) is 3.12. The predicted octanol–water partition coefficient (Wildman–Crippen LogP) is 6.26. The standard InChI is InChI=1S/C26H31NO2/c1-4-19(2)16-21-9-11-23(12-10-21)26(14-6-5-7-15-26)25(28)29-24-13-8-20(3)17-22(24)18-27/h8-13,17,19H,4-7,14-16H2,1-3H3. The minimum absolute atomic E-state index is 0.229. The van der Waals surface area contributed by atoms with Gasteiger partial charge in [-0.05, 0) is 60.9 Å². The van der Waals surface area contributed by atoms with E-state index >= 15 is 0 Å². The van der Waals surface area contributed by atoms with Gasteiger partial charge in [0.2, 0.25) is 0 Å². The van der Waals surface area contributed by atoms with E-state index in [1.807, 2.05) is 13.0 Å². The highest BCUT2D eigenvalue weighted by molar-refractivity contribution is 5.85. The summed E-state index contributed by atoms with van der Waals surface area (Å²) >= 11 is 0. The third-order valence-corrected chi connectivity index (χ3v) is 6.34. The van der Waals surface area contributed by atoms with Crippen molar-refractivity contribution in [3.05, 3.63) is 64.7 Å². The van der Waals surface area contributed by atoms with Crippen LogP contribution in [0.15, 0.2) is 42.5 Å². The first-order chi connectivity index (χ1) is 14.0. The number of carbonyl (C=O) groups is 1. The highest BCUT2D eigenvalue weighted by Gasteiger charge is 2.43. The van der Waals surface area contributed by atoms with Crippen molar-refractivity contribution in [1.82, 2.24) is 0 Å². The van der Waals surface area contributed by atoms with Gasteiger partial charge in [-0.25, -0.2) is 0 Å². The number of nitrogens with zero attached hydrogens (tertiary/aromatic N) is 1. The van der Waals surface area contributed by atoms with E-state index in [0.29, 0.717) is 17.2 Å². The van der Waals surface area contributed by atoms with Gasteiger partial charge in [-0.2, -0.15) is 5.26 Å². The topological polar surface area (TPSA) is 50.1 Å². The van der Waals surface area contributed by atoms with Gasteiger partial charge in [0, 0.05) is 0 Å². The fraction of sp³-hybridized carbons (Fsp3) is 0.462. The summed E-state index contributed by atoms with van der Waals surface area (Å²) in [6.07, 6.45) is 6.99. The molecule has 1 fully saturated rings. The van der Waals surface area contributed by atoms with Crippen molar-refractivity contribution >= 4 is 5.97 Å². The summed E-state index contributed by atoms with van der Waals surface area (Å²) in [5.74, 6) is 0.786. The second-order valence-electron chi connectivity index (χ2n) is 8.56. The SMILES string of the molecule is CCC(C)Cc1ccc(C2(C(=O)Oc3ccc(C)cc3C#N)CCCCC2)cc1. The number of rotatable bonds is 6. The first-order valence-electron chi connectivity index (χ1n) is 10.8. The maximum atomic E-state index is 13.4. The van der Waals surface area contributed by atoms with Gasteiger partial charge in [0.05, 0.1) is 11.0 Å². The number of esters is 1. The Balaban J connectivity index is 1.89. The van der Waals surface area contributed by atoms with Crippen LogP contribution in [-0.4, -0.2) is 5.97 Å². The number of ether oxygens (including phenoxy) is 1. The van der Waals surface area contributed by atoms with E-state index < -0.39 is 5.41 Å². The molecule has 29 heavy (non-hydrogen) atoms. The van der Waals surface area contributed by atoms with Crippen molar-refractivity contribution in [2.75, 3.05) is 0 Å². The van der Waals surface area contributed by atoms with Crippen molar-refractivity contribution in [2.24, 2.45) is 5.92 Å². The highest BCUT2D eigenvalue weighted by atomic mass is 16.5. The first kappa shape index (κ1) is 21.1. The summed E-state index contributed by atoms with van der Waals surface area (Å²) in [7, 11) is 0. The van der Waals surface area contributed by atoms with Crippen LogP contribution in [0.1, 0.15) is 74.6 Å². The molecule has 1 aliphatic carbocycles. The smallest absolute Gasteiger partial charge is 0.321 e. The molecule has 0 aromatic heterocycles. The monoisotopic (exact) mass is 389 g/mol. The number of carbonyl (C=O) groups excluding carboxylic acids is 1. The fourth-order valence-electron chi connectivity index (χ4n) is 4.29. The normalized spacial score (nSPS) is 16.6. The quantitative estimate of drug-likeness (QED) is 0.432. The molecule has 0 aliphatic heterocycles. The van der Waals surface area contributed by atoms with Gasteiger partial charge in [-0.3, -0.25) is 4.79 Å². The fourth-order valence-corrected chi connectivity index (χ4v) is 4.29. The zero-order valence-electron chi connectivity index (χ0n) is 17.8. The third kappa shape index (κ3) is 4.70. The first-order valence-corrected chi connectivity index (χ1v) is 10.8. The Morgan fingerprint density at radius 1 is 1.14 bits per heavy atom. The molecule has 3 rings (SSSR count). The molecule has 2 aromatic rings. The molecule has 0 bridgehead atoms. The molecule has 0 amide bonds. The molecule has 1 saturated carbocycles. The molecule has 0 heterocycles. The predicted molar refractivity (Wildman–Crippen MR) is 116 cm³/mol. The van der Waals surface area contributed by atoms with Gasteiger partial charge in [-0.15, -0.1) is 0 Å². The Kier molecular flexibility index (Phi) is 6.75. The van der Waals surface area contributed by atoms with Crippen LogP contribution in [-0.2, 0) is 16.6 Å². The van der Waals surface area contributed by atoms with E-state index in [1.165, 1.54) is 5.56 Å². The summed E-state index contributed by atoms with van der Waals surface area (Å²) in [4.78, 5) is 13.4. The number of aryl methyl sites for hydroxylation is 1. The Bertz CT molecular complexity index is 886. The van der Waals surface area contributed by atoms with E-state index in [-0.39, 0.29) is 5.97 Å². The molecule has 1 unspecified atom stereocenters. The lowest BCUT2D eigenvalue weighted by molar-refractivity contribution is -0.142. The summed E-state index contributed by atoms with van der Waals surface area (Å²) in [6.45, 7) is 6.41. The Labute approximate surface area is 174 Å². The van der Waals surface area contributed by atoms with Crippen LogP contribution in [0.25, 0.3) is 0 Å². The van der Waals surface area contributed by atoms with Gasteiger partial charge in [-0.1, -0.05) is 69.9 Å². The largest absolute Gasteiger partial charge is 0.424 e. The van der Waals surface area contributed by atoms with Gasteiger partial charge in [0.1, 0.15) is 11.8 Å². The summed E-state index contributed by atoms with van der Waals surface area (Å²) in [5, 5.41) is 9.43. The van der Waals surface area contributed by atoms with Crippen molar-refractivity contribution in [2.45, 2.75) is 71.1 Å². The van der Waals surface area contributed by atoms with Crippen LogP contribution < -0.4 is 4.74 Å². The minimum Gasteiger partial charge on any atom is -0.424 e. The Morgan fingerprint density at radius 2 is 1.83 bits per heavy atom. The molecular weight excluding hydrogens is 358 g/mol. The minimum atomic E-state index is -0.620. The molecule has 1 atom stereocenters. The molecule has 0 N–H and O–H groups in total. The van der Waals surface area contributed by atoms with E-state index in [2.05, 4.69) is 44.2 Å². The van der Waals surface area contributed by atoms with Crippen LogP contribution in [0.5, 0.6) is 5.75 Å². The number of hydrogen-bond donors (Lipinski definition) is 0. The third-order valence-electron chi connectivity index (χ3n) is 6.34.